The summed E-state index contributed by atoms with van der Waals surface area (Å²) in [7, 11) is 0. The first-order valence-corrected chi connectivity index (χ1v) is 13.9. The number of rotatable bonds is 8. The van der Waals surface area contributed by atoms with Crippen LogP contribution in [-0.2, 0) is 9.59 Å². The van der Waals surface area contributed by atoms with E-state index in [0.717, 1.165) is 31.5 Å². The molecule has 0 spiro atoms. The van der Waals surface area contributed by atoms with Gasteiger partial charge in [0, 0.05) is 24.2 Å². The van der Waals surface area contributed by atoms with Crippen molar-refractivity contribution in [1.29, 1.82) is 0 Å². The molecule has 218 valence electrons. The Morgan fingerprint density at radius 2 is 1.86 bits per heavy atom. The highest BCUT2D eigenvalue weighted by Crippen LogP contribution is 2.38. The maximum atomic E-state index is 12.4. The number of para-hydroxylation sites is 1. The number of piperidine rings is 1. The molecule has 1 aliphatic heterocycles. The van der Waals surface area contributed by atoms with Crippen LogP contribution in [0.25, 0.3) is 22.3 Å². The topological polar surface area (TPSA) is 140 Å². The fourth-order valence-corrected chi connectivity index (χ4v) is 5.10. The smallest absolute Gasteiger partial charge is 0.247 e. The van der Waals surface area contributed by atoms with Gasteiger partial charge in [-0.25, -0.2) is 14.6 Å². The Balaban J connectivity index is 1.44. The molecule has 42 heavy (non-hydrogen) atoms. The third kappa shape index (κ3) is 6.58. The summed E-state index contributed by atoms with van der Waals surface area (Å²) in [5.41, 5.74) is 8.53. The second-order valence-corrected chi connectivity index (χ2v) is 11.4. The highest BCUT2D eigenvalue weighted by Gasteiger charge is 2.28. The van der Waals surface area contributed by atoms with Crippen LogP contribution in [0.2, 0.25) is 0 Å². The quantitative estimate of drug-likeness (QED) is 0.263. The minimum absolute atomic E-state index is 0.0207. The number of carbonyl (C=O) groups excluding carboxylic acids is 2. The second-order valence-electron chi connectivity index (χ2n) is 11.4. The Bertz CT molecular complexity index is 1600. The van der Waals surface area contributed by atoms with Gasteiger partial charge in [-0.15, -0.1) is 0 Å². The van der Waals surface area contributed by atoms with Crippen LogP contribution in [0.4, 0.5) is 11.5 Å². The van der Waals surface area contributed by atoms with Gasteiger partial charge in [-0.05, 0) is 70.0 Å². The van der Waals surface area contributed by atoms with Crippen LogP contribution in [0.3, 0.4) is 0 Å². The highest BCUT2D eigenvalue weighted by molar-refractivity contribution is 6.02. The van der Waals surface area contributed by atoms with E-state index in [-0.39, 0.29) is 23.4 Å². The lowest BCUT2D eigenvalue weighted by molar-refractivity contribution is -0.124. The van der Waals surface area contributed by atoms with Gasteiger partial charge in [-0.1, -0.05) is 24.8 Å². The van der Waals surface area contributed by atoms with Gasteiger partial charge in [0.25, 0.3) is 0 Å². The molecule has 0 bridgehead atoms. The zero-order chi connectivity index (χ0) is 29.9. The molecule has 0 saturated carbocycles. The number of anilines is 2. The van der Waals surface area contributed by atoms with Gasteiger partial charge in [0.15, 0.2) is 11.4 Å². The summed E-state index contributed by atoms with van der Waals surface area (Å²) in [5, 5.41) is 11.5. The molecule has 2 amide bonds. The first-order valence-electron chi connectivity index (χ1n) is 13.9. The van der Waals surface area contributed by atoms with Crippen LogP contribution in [0, 0.1) is 0 Å². The van der Waals surface area contributed by atoms with Gasteiger partial charge in [-0.3, -0.25) is 14.5 Å². The molecule has 0 unspecified atom stereocenters. The Kier molecular flexibility index (Phi) is 8.21. The normalized spacial score (nSPS) is 14.5. The van der Waals surface area contributed by atoms with Gasteiger partial charge < -0.3 is 21.1 Å². The van der Waals surface area contributed by atoms with Gasteiger partial charge in [0.1, 0.15) is 23.6 Å². The number of aromatic nitrogens is 4. The molecular formula is C31H36N8O3. The minimum atomic E-state index is -0.369. The molecule has 1 saturated heterocycles. The predicted molar refractivity (Wildman–Crippen MR) is 163 cm³/mol. The zero-order valence-corrected chi connectivity index (χ0v) is 24.1. The fraction of sp³-hybridized carbons (Fsp3) is 0.323. The monoisotopic (exact) mass is 568 g/mol. The third-order valence-electron chi connectivity index (χ3n) is 6.97. The molecular weight excluding hydrogens is 532 g/mol. The number of fused-ring (bicyclic) bond motifs is 1. The summed E-state index contributed by atoms with van der Waals surface area (Å²) in [6.07, 6.45) is 4.24. The Hall–Kier alpha value is -4.77. The number of ether oxygens (including phenoxy) is 1. The zero-order valence-electron chi connectivity index (χ0n) is 24.1. The van der Waals surface area contributed by atoms with Crippen molar-refractivity contribution in [2.45, 2.75) is 45.2 Å². The molecule has 5 rings (SSSR count). The summed E-state index contributed by atoms with van der Waals surface area (Å²) in [4.78, 5) is 35.7. The SMILES string of the molecule is C=CC(=O)Nc1cc(-c2nn(C3CCN(CC(=O)NC(C)(C)C)CC3)c3ncnc(N)c23)ccc1Oc1ccccc1. The Labute approximate surface area is 244 Å². The maximum Gasteiger partial charge on any atom is 0.247 e. The van der Waals surface area contributed by atoms with Crippen LogP contribution in [0.1, 0.15) is 39.7 Å². The van der Waals surface area contributed by atoms with Crippen molar-refractivity contribution in [3.63, 3.8) is 0 Å². The Morgan fingerprint density at radius 1 is 1.12 bits per heavy atom. The van der Waals surface area contributed by atoms with Gasteiger partial charge in [-0.2, -0.15) is 5.10 Å². The van der Waals surface area contributed by atoms with Crippen molar-refractivity contribution in [1.82, 2.24) is 30.0 Å². The molecule has 3 heterocycles. The first-order chi connectivity index (χ1) is 20.1. The molecule has 11 heteroatoms. The van der Waals surface area contributed by atoms with Crippen molar-refractivity contribution in [3.05, 3.63) is 67.5 Å². The molecule has 1 aliphatic rings. The third-order valence-corrected chi connectivity index (χ3v) is 6.97. The van der Waals surface area contributed by atoms with E-state index in [0.29, 0.717) is 46.3 Å². The summed E-state index contributed by atoms with van der Waals surface area (Å²) in [6, 6.07) is 14.8. The lowest BCUT2D eigenvalue weighted by Gasteiger charge is -2.32. The summed E-state index contributed by atoms with van der Waals surface area (Å²) < 4.78 is 7.99. The molecule has 4 N–H and O–H groups in total. The molecule has 2 aromatic heterocycles. The molecule has 0 radical (unpaired) electrons. The standard InChI is InChI=1S/C31H36N8O3/c1-5-25(40)35-23-17-20(11-12-24(23)42-22-9-7-6-8-10-22)28-27-29(32)33-19-34-30(27)39(37-28)21-13-15-38(16-14-21)18-26(41)36-31(2,3)4/h5-12,17,19,21H,1,13-16,18H2,2-4H3,(H,35,40)(H,36,41)(H2,32,33,34). The van der Waals surface area contributed by atoms with Crippen molar-refractivity contribution in [2.75, 3.05) is 30.7 Å². The van der Waals surface area contributed by atoms with Crippen LogP contribution in [0.15, 0.2) is 67.5 Å². The lowest BCUT2D eigenvalue weighted by Crippen LogP contribution is -2.47. The van der Waals surface area contributed by atoms with E-state index in [9.17, 15) is 9.59 Å². The van der Waals surface area contributed by atoms with Gasteiger partial charge >= 0.3 is 0 Å². The maximum absolute atomic E-state index is 12.4. The van der Waals surface area contributed by atoms with E-state index in [1.807, 2.05) is 61.9 Å². The Morgan fingerprint density at radius 3 is 2.55 bits per heavy atom. The van der Waals surface area contributed by atoms with Crippen LogP contribution in [-0.4, -0.2) is 61.6 Å². The number of hydrogen-bond donors (Lipinski definition) is 3. The number of nitrogen functional groups attached to an aromatic ring is 1. The lowest BCUT2D eigenvalue weighted by atomic mass is 10.0. The van der Waals surface area contributed by atoms with E-state index < -0.39 is 0 Å². The predicted octanol–water partition coefficient (Wildman–Crippen LogP) is 4.54. The molecule has 11 nitrogen and oxygen atoms in total. The molecule has 2 aromatic carbocycles. The number of amides is 2. The number of benzene rings is 2. The number of likely N-dealkylation sites (tertiary alicyclic amines) is 1. The first kappa shape index (κ1) is 28.7. The van der Waals surface area contributed by atoms with E-state index in [4.69, 9.17) is 15.6 Å². The van der Waals surface area contributed by atoms with Gasteiger partial charge in [0.05, 0.1) is 23.7 Å². The number of nitrogens with zero attached hydrogens (tertiary/aromatic N) is 5. The highest BCUT2D eigenvalue weighted by atomic mass is 16.5. The molecule has 0 atom stereocenters. The van der Waals surface area contributed by atoms with E-state index in [1.54, 1.807) is 12.1 Å². The summed E-state index contributed by atoms with van der Waals surface area (Å²) in [6.45, 7) is 11.4. The van der Waals surface area contributed by atoms with Crippen LogP contribution >= 0.6 is 0 Å². The average molecular weight is 569 g/mol. The molecule has 0 aliphatic carbocycles. The van der Waals surface area contributed by atoms with E-state index in [1.165, 1.54) is 12.4 Å². The van der Waals surface area contributed by atoms with E-state index >= 15 is 0 Å². The van der Waals surface area contributed by atoms with Crippen molar-refractivity contribution in [2.24, 2.45) is 0 Å². The van der Waals surface area contributed by atoms with E-state index in [2.05, 4.69) is 32.1 Å². The van der Waals surface area contributed by atoms with Crippen molar-refractivity contribution >= 4 is 34.4 Å². The van der Waals surface area contributed by atoms with Gasteiger partial charge in [0.2, 0.25) is 11.8 Å². The fourth-order valence-electron chi connectivity index (χ4n) is 5.10. The number of nitrogens with two attached hydrogens (primary N) is 1. The summed E-state index contributed by atoms with van der Waals surface area (Å²) in [5.74, 6) is 1.07. The summed E-state index contributed by atoms with van der Waals surface area (Å²) >= 11 is 0. The largest absolute Gasteiger partial charge is 0.455 e. The molecule has 1 fully saturated rings. The second kappa shape index (κ2) is 12.0. The average Bonchev–Trinajstić information content (AvgIpc) is 3.35. The minimum Gasteiger partial charge on any atom is -0.455 e. The van der Waals surface area contributed by atoms with Crippen LogP contribution in [0.5, 0.6) is 11.5 Å². The number of hydrogen-bond acceptors (Lipinski definition) is 8. The number of carbonyl (C=O) groups is 2. The number of nitrogens with one attached hydrogen (secondary N) is 2. The van der Waals surface area contributed by atoms with Crippen LogP contribution < -0.4 is 21.1 Å². The van der Waals surface area contributed by atoms with Crippen molar-refractivity contribution in [3.8, 4) is 22.8 Å². The van der Waals surface area contributed by atoms with Crippen molar-refractivity contribution < 1.29 is 14.3 Å². The molecule has 4 aromatic rings.